The molecule has 112 valence electrons. The van der Waals surface area contributed by atoms with Gasteiger partial charge in [-0.05, 0) is 45.2 Å². The van der Waals surface area contributed by atoms with Crippen molar-refractivity contribution in [1.82, 2.24) is 14.3 Å². The van der Waals surface area contributed by atoms with Crippen molar-refractivity contribution in [1.29, 1.82) is 0 Å². The summed E-state index contributed by atoms with van der Waals surface area (Å²) in [6.07, 6.45) is 3.90. The van der Waals surface area contributed by atoms with E-state index >= 15 is 0 Å². The first-order chi connectivity index (χ1) is 9.12. The van der Waals surface area contributed by atoms with Gasteiger partial charge in [0.2, 0.25) is 0 Å². The van der Waals surface area contributed by atoms with Crippen LogP contribution in [0, 0.1) is 5.92 Å². The summed E-state index contributed by atoms with van der Waals surface area (Å²) in [5.74, 6) is 0.592. The molecule has 2 rings (SSSR count). The summed E-state index contributed by atoms with van der Waals surface area (Å²) in [6.45, 7) is 3.36. The van der Waals surface area contributed by atoms with Gasteiger partial charge < -0.3 is 10.1 Å². The van der Waals surface area contributed by atoms with Crippen molar-refractivity contribution in [2.75, 3.05) is 39.8 Å². The lowest BCUT2D eigenvalue weighted by atomic mass is 9.98. The first-order valence-electron chi connectivity index (χ1n) is 7.13. The zero-order valence-electron chi connectivity index (χ0n) is 11.6. The van der Waals surface area contributed by atoms with Crippen molar-refractivity contribution < 1.29 is 13.2 Å². The molecule has 0 saturated carbocycles. The van der Waals surface area contributed by atoms with Crippen LogP contribution in [-0.2, 0) is 14.9 Å². The van der Waals surface area contributed by atoms with Gasteiger partial charge in [-0.15, -0.1) is 0 Å². The molecule has 19 heavy (non-hydrogen) atoms. The molecular formula is C12H25N3O3S. The van der Waals surface area contributed by atoms with E-state index in [1.54, 1.807) is 4.31 Å². The molecule has 2 aliphatic rings. The minimum atomic E-state index is -3.33. The van der Waals surface area contributed by atoms with Crippen molar-refractivity contribution >= 4 is 10.2 Å². The van der Waals surface area contributed by atoms with Gasteiger partial charge >= 0.3 is 0 Å². The molecule has 2 heterocycles. The van der Waals surface area contributed by atoms with Crippen LogP contribution in [0.5, 0.6) is 0 Å². The molecule has 2 N–H and O–H groups in total. The van der Waals surface area contributed by atoms with Crippen molar-refractivity contribution in [2.24, 2.45) is 5.92 Å². The molecule has 2 saturated heterocycles. The molecule has 0 aromatic rings. The maximum atomic E-state index is 12.2. The number of nitrogens with zero attached hydrogens (tertiary/aromatic N) is 1. The Labute approximate surface area is 116 Å². The van der Waals surface area contributed by atoms with Crippen LogP contribution in [0.1, 0.15) is 25.7 Å². The van der Waals surface area contributed by atoms with E-state index in [-0.39, 0.29) is 6.10 Å². The third-order valence-corrected chi connectivity index (χ3v) is 5.50. The van der Waals surface area contributed by atoms with E-state index in [4.69, 9.17) is 4.74 Å². The molecule has 0 radical (unpaired) electrons. The lowest BCUT2D eigenvalue weighted by molar-refractivity contribution is 0.114. The Kier molecular flexibility index (Phi) is 5.58. The third kappa shape index (κ3) is 4.39. The monoisotopic (exact) mass is 291 g/mol. The second-order valence-electron chi connectivity index (χ2n) is 5.39. The molecule has 0 bridgehead atoms. The first kappa shape index (κ1) is 15.2. The van der Waals surface area contributed by atoms with E-state index in [9.17, 15) is 8.42 Å². The lowest BCUT2D eigenvalue weighted by Gasteiger charge is -2.31. The fourth-order valence-corrected chi connectivity index (χ4v) is 4.01. The molecule has 6 nitrogen and oxygen atoms in total. The highest BCUT2D eigenvalue weighted by Gasteiger charge is 2.28. The molecule has 0 aliphatic carbocycles. The molecule has 1 unspecified atom stereocenters. The van der Waals surface area contributed by atoms with Crippen LogP contribution < -0.4 is 10.0 Å². The minimum Gasteiger partial charge on any atom is -0.377 e. The zero-order valence-corrected chi connectivity index (χ0v) is 12.4. The van der Waals surface area contributed by atoms with Gasteiger partial charge in [0.25, 0.3) is 10.2 Å². The zero-order chi connectivity index (χ0) is 13.7. The van der Waals surface area contributed by atoms with E-state index in [0.29, 0.717) is 25.6 Å². The van der Waals surface area contributed by atoms with Gasteiger partial charge in [-0.3, -0.25) is 0 Å². The maximum Gasteiger partial charge on any atom is 0.279 e. The summed E-state index contributed by atoms with van der Waals surface area (Å²) in [4.78, 5) is 0. The molecule has 0 amide bonds. The number of piperidine rings is 1. The van der Waals surface area contributed by atoms with Crippen molar-refractivity contribution in [3.05, 3.63) is 0 Å². The number of hydrogen-bond donors (Lipinski definition) is 2. The van der Waals surface area contributed by atoms with Gasteiger partial charge in [0.1, 0.15) is 0 Å². The summed E-state index contributed by atoms with van der Waals surface area (Å²) in [6, 6.07) is 0. The highest BCUT2D eigenvalue weighted by Crippen LogP contribution is 2.18. The Bertz CT molecular complexity index is 360. The molecule has 0 aromatic carbocycles. The second-order valence-corrected chi connectivity index (χ2v) is 7.14. The lowest BCUT2D eigenvalue weighted by Crippen LogP contribution is -2.47. The molecule has 0 spiro atoms. The third-order valence-electron chi connectivity index (χ3n) is 3.92. The second kappa shape index (κ2) is 6.99. The number of hydrogen-bond acceptors (Lipinski definition) is 4. The van der Waals surface area contributed by atoms with Crippen LogP contribution in [0.4, 0.5) is 0 Å². The van der Waals surface area contributed by atoms with Gasteiger partial charge in [-0.25, -0.2) is 0 Å². The standard InChI is InChI=1S/C12H25N3O3S/c1-13-9-11-4-6-15(7-5-11)19(16,17)14-10-12-3-2-8-18-12/h11-14H,2-10H2,1H3. The molecule has 0 aromatic heterocycles. The number of rotatable bonds is 6. The van der Waals surface area contributed by atoms with E-state index in [1.807, 2.05) is 7.05 Å². The smallest absolute Gasteiger partial charge is 0.279 e. The van der Waals surface area contributed by atoms with E-state index < -0.39 is 10.2 Å². The van der Waals surface area contributed by atoms with E-state index in [2.05, 4.69) is 10.0 Å². The van der Waals surface area contributed by atoms with Crippen molar-refractivity contribution in [3.8, 4) is 0 Å². The van der Waals surface area contributed by atoms with Crippen LogP contribution in [0.25, 0.3) is 0 Å². The Balaban J connectivity index is 1.76. The minimum absolute atomic E-state index is 0.0524. The normalized spacial score (nSPS) is 26.9. The number of nitrogens with one attached hydrogen (secondary N) is 2. The highest BCUT2D eigenvalue weighted by molar-refractivity contribution is 7.87. The quantitative estimate of drug-likeness (QED) is 0.719. The average molecular weight is 291 g/mol. The van der Waals surface area contributed by atoms with Gasteiger partial charge in [0, 0.05) is 26.2 Å². The first-order valence-corrected chi connectivity index (χ1v) is 8.57. The fourth-order valence-electron chi connectivity index (χ4n) is 2.74. The average Bonchev–Trinajstić information content (AvgIpc) is 2.91. The predicted molar refractivity (Wildman–Crippen MR) is 74.1 cm³/mol. The highest BCUT2D eigenvalue weighted by atomic mass is 32.2. The van der Waals surface area contributed by atoms with Crippen LogP contribution in [-0.4, -0.2) is 58.7 Å². The topological polar surface area (TPSA) is 70.7 Å². The summed E-state index contributed by atoms with van der Waals surface area (Å²) in [7, 11) is -1.39. The van der Waals surface area contributed by atoms with Gasteiger partial charge in [-0.1, -0.05) is 0 Å². The Hall–Kier alpha value is -0.210. The Morgan fingerprint density at radius 1 is 1.21 bits per heavy atom. The van der Waals surface area contributed by atoms with Gasteiger partial charge in [0.15, 0.2) is 0 Å². The molecule has 7 heteroatoms. The van der Waals surface area contributed by atoms with E-state index in [0.717, 1.165) is 38.8 Å². The van der Waals surface area contributed by atoms with Crippen LogP contribution in [0.15, 0.2) is 0 Å². The van der Waals surface area contributed by atoms with Gasteiger partial charge in [-0.2, -0.15) is 17.4 Å². The maximum absolute atomic E-state index is 12.2. The van der Waals surface area contributed by atoms with Crippen molar-refractivity contribution in [3.63, 3.8) is 0 Å². The van der Waals surface area contributed by atoms with Crippen molar-refractivity contribution in [2.45, 2.75) is 31.8 Å². The molecular weight excluding hydrogens is 266 g/mol. The largest absolute Gasteiger partial charge is 0.377 e. The molecule has 2 fully saturated rings. The summed E-state index contributed by atoms with van der Waals surface area (Å²) >= 11 is 0. The van der Waals surface area contributed by atoms with Crippen LogP contribution in [0.3, 0.4) is 0 Å². The molecule has 2 aliphatic heterocycles. The van der Waals surface area contributed by atoms with E-state index in [1.165, 1.54) is 0 Å². The summed E-state index contributed by atoms with van der Waals surface area (Å²) in [5, 5.41) is 3.15. The molecule has 1 atom stereocenters. The van der Waals surface area contributed by atoms with Gasteiger partial charge in [0.05, 0.1) is 6.10 Å². The Morgan fingerprint density at radius 3 is 2.53 bits per heavy atom. The predicted octanol–water partition coefficient (Wildman–Crippen LogP) is -0.0688. The summed E-state index contributed by atoms with van der Waals surface area (Å²) in [5.41, 5.74) is 0. The summed E-state index contributed by atoms with van der Waals surface area (Å²) < 4.78 is 34.0. The SMILES string of the molecule is CNCC1CCN(S(=O)(=O)NCC2CCCO2)CC1. The fraction of sp³-hybridized carbons (Fsp3) is 1.00. The number of ether oxygens (including phenoxy) is 1. The Morgan fingerprint density at radius 2 is 1.95 bits per heavy atom. The van der Waals surface area contributed by atoms with Crippen LogP contribution >= 0.6 is 0 Å². The van der Waals surface area contributed by atoms with Crippen LogP contribution in [0.2, 0.25) is 0 Å².